The van der Waals surface area contributed by atoms with E-state index in [0.29, 0.717) is 29.8 Å². The second-order valence-electron chi connectivity index (χ2n) is 6.00. The number of pyridine rings is 1. The molecule has 0 saturated carbocycles. The molecule has 0 N–H and O–H groups in total. The SMILES string of the molecule is CCOc1nc(SC)nc2c1ccc(=O)n2CC(C)(C)C. The van der Waals surface area contributed by atoms with Crippen molar-refractivity contribution < 1.29 is 4.74 Å². The van der Waals surface area contributed by atoms with E-state index in [4.69, 9.17) is 4.74 Å². The first-order valence-electron chi connectivity index (χ1n) is 6.94. The maximum atomic E-state index is 12.2. The summed E-state index contributed by atoms with van der Waals surface area (Å²) in [7, 11) is 0. The molecule has 0 amide bonds. The van der Waals surface area contributed by atoms with Crippen LogP contribution >= 0.6 is 11.8 Å². The fourth-order valence-electron chi connectivity index (χ4n) is 2.08. The maximum absolute atomic E-state index is 12.2. The number of thioether (sulfide) groups is 1. The Labute approximate surface area is 128 Å². The molecule has 0 fully saturated rings. The summed E-state index contributed by atoms with van der Waals surface area (Å²) in [6, 6.07) is 3.30. The zero-order valence-electron chi connectivity index (χ0n) is 13.1. The lowest BCUT2D eigenvalue weighted by Crippen LogP contribution is -2.27. The van der Waals surface area contributed by atoms with Crippen LogP contribution in [0.2, 0.25) is 0 Å². The summed E-state index contributed by atoms with van der Waals surface area (Å²) in [6.07, 6.45) is 1.91. The fourth-order valence-corrected chi connectivity index (χ4v) is 2.44. The van der Waals surface area contributed by atoms with Gasteiger partial charge < -0.3 is 4.74 Å². The molecule has 0 atom stereocenters. The highest BCUT2D eigenvalue weighted by molar-refractivity contribution is 7.98. The summed E-state index contributed by atoms with van der Waals surface area (Å²) in [6.45, 7) is 9.32. The normalized spacial score (nSPS) is 11.9. The first-order chi connectivity index (χ1) is 9.85. The number of nitrogens with zero attached hydrogens (tertiary/aromatic N) is 3. The molecule has 2 aromatic rings. The molecule has 0 aromatic carbocycles. The molecule has 0 saturated heterocycles. The summed E-state index contributed by atoms with van der Waals surface area (Å²) < 4.78 is 7.31. The molecule has 2 aromatic heterocycles. The van der Waals surface area contributed by atoms with Gasteiger partial charge in [-0.3, -0.25) is 9.36 Å². The smallest absolute Gasteiger partial charge is 0.252 e. The van der Waals surface area contributed by atoms with Crippen molar-refractivity contribution in [1.29, 1.82) is 0 Å². The number of hydrogen-bond donors (Lipinski definition) is 0. The largest absolute Gasteiger partial charge is 0.477 e. The van der Waals surface area contributed by atoms with Gasteiger partial charge in [0.2, 0.25) is 5.88 Å². The molecular formula is C15H21N3O2S. The van der Waals surface area contributed by atoms with E-state index < -0.39 is 0 Å². The second kappa shape index (κ2) is 6.05. The van der Waals surface area contributed by atoms with E-state index in [2.05, 4.69) is 30.7 Å². The Hall–Kier alpha value is -1.56. The number of rotatable bonds is 4. The van der Waals surface area contributed by atoms with Crippen molar-refractivity contribution in [3.63, 3.8) is 0 Å². The minimum Gasteiger partial charge on any atom is -0.477 e. The minimum atomic E-state index is -0.0503. The third-order valence-electron chi connectivity index (χ3n) is 2.88. The van der Waals surface area contributed by atoms with Crippen molar-refractivity contribution in [3.8, 4) is 5.88 Å². The topological polar surface area (TPSA) is 57.0 Å². The van der Waals surface area contributed by atoms with E-state index in [1.165, 1.54) is 11.8 Å². The summed E-state index contributed by atoms with van der Waals surface area (Å²) in [5.74, 6) is 0.537. The van der Waals surface area contributed by atoms with Crippen molar-refractivity contribution in [2.24, 2.45) is 5.41 Å². The molecule has 5 nitrogen and oxygen atoms in total. The van der Waals surface area contributed by atoms with Gasteiger partial charge >= 0.3 is 0 Å². The van der Waals surface area contributed by atoms with Crippen molar-refractivity contribution in [2.45, 2.75) is 39.4 Å². The molecule has 0 radical (unpaired) electrons. The van der Waals surface area contributed by atoms with Gasteiger partial charge in [-0.25, -0.2) is 4.98 Å². The summed E-state index contributed by atoms with van der Waals surface area (Å²) in [5, 5.41) is 1.39. The van der Waals surface area contributed by atoms with Crippen molar-refractivity contribution in [2.75, 3.05) is 12.9 Å². The Balaban J connectivity index is 2.75. The Morgan fingerprint density at radius 2 is 2.00 bits per heavy atom. The molecule has 2 heterocycles. The molecule has 0 aliphatic rings. The van der Waals surface area contributed by atoms with Crippen LogP contribution in [-0.4, -0.2) is 27.4 Å². The fraction of sp³-hybridized carbons (Fsp3) is 0.533. The van der Waals surface area contributed by atoms with Gasteiger partial charge in [-0.05, 0) is 24.7 Å². The molecule has 0 unspecified atom stereocenters. The standard InChI is InChI=1S/C15H21N3O2S/c1-6-20-13-10-7-8-11(19)18(9-15(2,3)4)12(10)16-14(17-13)21-5/h7-8H,6,9H2,1-5H3. The summed E-state index contributed by atoms with van der Waals surface area (Å²) in [4.78, 5) is 21.1. The van der Waals surface area contributed by atoms with Gasteiger partial charge in [0.15, 0.2) is 10.8 Å². The minimum absolute atomic E-state index is 0.0195. The van der Waals surface area contributed by atoms with Gasteiger partial charge in [0.1, 0.15) is 0 Å². The molecule has 2 rings (SSSR count). The molecule has 0 bridgehead atoms. The first kappa shape index (κ1) is 15.8. The Morgan fingerprint density at radius 3 is 2.57 bits per heavy atom. The Bertz CT molecular complexity index is 704. The van der Waals surface area contributed by atoms with Crippen LogP contribution in [0.5, 0.6) is 5.88 Å². The predicted octanol–water partition coefficient (Wildman–Crippen LogP) is 2.96. The van der Waals surface area contributed by atoms with Crippen LogP contribution < -0.4 is 10.3 Å². The highest BCUT2D eigenvalue weighted by Gasteiger charge is 2.17. The third kappa shape index (κ3) is 3.56. The van der Waals surface area contributed by atoms with E-state index in [-0.39, 0.29) is 11.0 Å². The van der Waals surface area contributed by atoms with E-state index in [9.17, 15) is 4.79 Å². The zero-order chi connectivity index (χ0) is 15.6. The second-order valence-corrected chi connectivity index (χ2v) is 6.78. The number of ether oxygens (including phenoxy) is 1. The Morgan fingerprint density at radius 1 is 1.29 bits per heavy atom. The van der Waals surface area contributed by atoms with Gasteiger partial charge in [0, 0.05) is 12.6 Å². The zero-order valence-corrected chi connectivity index (χ0v) is 14.0. The summed E-state index contributed by atoms with van der Waals surface area (Å²) >= 11 is 1.44. The van der Waals surface area contributed by atoms with Crippen LogP contribution in [0.1, 0.15) is 27.7 Å². The van der Waals surface area contributed by atoms with Gasteiger partial charge in [0.25, 0.3) is 5.56 Å². The van der Waals surface area contributed by atoms with Crippen molar-refractivity contribution in [3.05, 3.63) is 22.5 Å². The van der Waals surface area contributed by atoms with Crippen LogP contribution in [0, 0.1) is 5.41 Å². The summed E-state index contributed by atoms with van der Waals surface area (Å²) in [5.41, 5.74) is 0.569. The van der Waals surface area contributed by atoms with Gasteiger partial charge in [-0.1, -0.05) is 32.5 Å². The average molecular weight is 307 g/mol. The monoisotopic (exact) mass is 307 g/mol. The third-order valence-corrected chi connectivity index (χ3v) is 3.43. The lowest BCUT2D eigenvalue weighted by atomic mass is 9.97. The quantitative estimate of drug-likeness (QED) is 0.642. The first-order valence-corrected chi connectivity index (χ1v) is 8.16. The van der Waals surface area contributed by atoms with Gasteiger partial charge in [-0.2, -0.15) is 4.98 Å². The highest BCUT2D eigenvalue weighted by atomic mass is 32.2. The average Bonchev–Trinajstić information content (AvgIpc) is 2.41. The number of aromatic nitrogens is 3. The number of hydrogen-bond acceptors (Lipinski definition) is 5. The number of fused-ring (bicyclic) bond motifs is 1. The van der Waals surface area contributed by atoms with Gasteiger partial charge in [-0.15, -0.1) is 0 Å². The van der Waals surface area contributed by atoms with E-state index in [1.54, 1.807) is 16.7 Å². The van der Waals surface area contributed by atoms with Crippen molar-refractivity contribution >= 4 is 22.8 Å². The van der Waals surface area contributed by atoms with E-state index in [1.807, 2.05) is 13.2 Å². The van der Waals surface area contributed by atoms with Crippen LogP contribution in [0.25, 0.3) is 11.0 Å². The molecule has 0 spiro atoms. The van der Waals surface area contributed by atoms with E-state index in [0.717, 1.165) is 5.39 Å². The molecule has 21 heavy (non-hydrogen) atoms. The Kier molecular flexibility index (Phi) is 4.56. The molecule has 114 valence electrons. The van der Waals surface area contributed by atoms with Crippen LogP contribution in [-0.2, 0) is 6.54 Å². The molecular weight excluding hydrogens is 286 g/mol. The van der Waals surface area contributed by atoms with Crippen LogP contribution in [0.15, 0.2) is 22.1 Å². The molecule has 6 heteroatoms. The van der Waals surface area contributed by atoms with Crippen molar-refractivity contribution in [1.82, 2.24) is 14.5 Å². The highest BCUT2D eigenvalue weighted by Crippen LogP contribution is 2.26. The van der Waals surface area contributed by atoms with Gasteiger partial charge in [0.05, 0.1) is 12.0 Å². The van der Waals surface area contributed by atoms with Crippen LogP contribution in [0.3, 0.4) is 0 Å². The molecule has 0 aliphatic heterocycles. The maximum Gasteiger partial charge on any atom is 0.252 e. The lowest BCUT2D eigenvalue weighted by Gasteiger charge is -2.21. The molecule has 0 aliphatic carbocycles. The predicted molar refractivity (Wildman–Crippen MR) is 86.2 cm³/mol. The van der Waals surface area contributed by atoms with E-state index >= 15 is 0 Å². The van der Waals surface area contributed by atoms with Crippen LogP contribution in [0.4, 0.5) is 0 Å². The lowest BCUT2D eigenvalue weighted by molar-refractivity contribution is 0.325.